The molecule has 0 amide bonds. The molecule has 0 atom stereocenters. The molecule has 4 rings (SSSR count). The van der Waals surface area contributed by atoms with Crippen molar-refractivity contribution in [1.82, 2.24) is 0 Å². The lowest BCUT2D eigenvalue weighted by Gasteiger charge is -2.11. The molecule has 5 heteroatoms. The summed E-state index contributed by atoms with van der Waals surface area (Å²) < 4.78 is 22.3. The molecule has 0 bridgehead atoms. The van der Waals surface area contributed by atoms with E-state index in [0.717, 1.165) is 16.7 Å². The summed E-state index contributed by atoms with van der Waals surface area (Å²) in [5, 5.41) is 0. The van der Waals surface area contributed by atoms with Crippen molar-refractivity contribution < 1.29 is 23.7 Å². The topological polar surface area (TPSA) is 54.0 Å². The minimum atomic E-state index is -0.146. The molecule has 26 heavy (non-hydrogen) atoms. The van der Waals surface area contributed by atoms with Gasteiger partial charge in [0.25, 0.3) is 0 Å². The van der Waals surface area contributed by atoms with E-state index in [1.165, 1.54) is 0 Å². The van der Waals surface area contributed by atoms with Gasteiger partial charge in [-0.3, -0.25) is 4.79 Å². The molecule has 0 aromatic heterocycles. The number of allylic oxidation sites excluding steroid dienone is 1. The Kier molecular flexibility index (Phi) is 3.92. The molecule has 2 heterocycles. The number of hydrogen-bond acceptors (Lipinski definition) is 5. The van der Waals surface area contributed by atoms with Gasteiger partial charge in [0.15, 0.2) is 17.3 Å². The number of Topliss-reactive ketones (excluding diaryl/α,β-unsaturated/α-hetero) is 1. The van der Waals surface area contributed by atoms with Crippen LogP contribution < -0.4 is 18.9 Å². The summed E-state index contributed by atoms with van der Waals surface area (Å²) >= 11 is 0. The van der Waals surface area contributed by atoms with E-state index < -0.39 is 0 Å². The quantitative estimate of drug-likeness (QED) is 0.608. The molecule has 5 nitrogen and oxygen atoms in total. The zero-order valence-electron chi connectivity index (χ0n) is 14.6. The number of benzene rings is 2. The third kappa shape index (κ3) is 2.81. The van der Waals surface area contributed by atoms with Crippen molar-refractivity contribution >= 4 is 11.9 Å². The summed E-state index contributed by atoms with van der Waals surface area (Å²) in [4.78, 5) is 12.7. The summed E-state index contributed by atoms with van der Waals surface area (Å²) in [5.41, 5.74) is 3.07. The highest BCUT2D eigenvalue weighted by atomic mass is 16.7. The van der Waals surface area contributed by atoms with Gasteiger partial charge in [0.2, 0.25) is 12.6 Å². The molecule has 0 saturated carbocycles. The fraction of sp³-hybridized carbons (Fsp3) is 0.190. The molecule has 2 aromatic rings. The molecule has 0 aliphatic carbocycles. The summed E-state index contributed by atoms with van der Waals surface area (Å²) in [6.07, 6.45) is 1.71. The maximum Gasteiger partial charge on any atom is 0.231 e. The fourth-order valence-corrected chi connectivity index (χ4v) is 2.88. The van der Waals surface area contributed by atoms with E-state index in [-0.39, 0.29) is 18.3 Å². The predicted molar refractivity (Wildman–Crippen MR) is 97.0 cm³/mol. The number of fused-ring (bicyclic) bond motifs is 2. The van der Waals surface area contributed by atoms with Gasteiger partial charge in [-0.25, -0.2) is 0 Å². The first-order valence-corrected chi connectivity index (χ1v) is 8.27. The molecule has 0 saturated heterocycles. The number of rotatable bonds is 4. The number of hydrogen-bond donors (Lipinski definition) is 0. The zero-order chi connectivity index (χ0) is 18.3. The second-order valence-electron chi connectivity index (χ2n) is 6.36. The van der Waals surface area contributed by atoms with Crippen molar-refractivity contribution in [3.63, 3.8) is 0 Å². The first-order valence-electron chi connectivity index (χ1n) is 8.27. The smallest absolute Gasteiger partial charge is 0.231 e. The molecular formula is C21H18O5. The second kappa shape index (κ2) is 6.26. The van der Waals surface area contributed by atoms with Crippen LogP contribution in [0, 0.1) is 6.92 Å². The predicted octanol–water partition coefficient (Wildman–Crippen LogP) is 4.29. The molecule has 2 aliphatic rings. The van der Waals surface area contributed by atoms with Gasteiger partial charge in [0.05, 0.1) is 5.56 Å². The van der Waals surface area contributed by atoms with Crippen LogP contribution in [0.15, 0.2) is 48.2 Å². The Morgan fingerprint density at radius 2 is 2.04 bits per heavy atom. The van der Waals surface area contributed by atoms with E-state index in [2.05, 4.69) is 6.58 Å². The van der Waals surface area contributed by atoms with Gasteiger partial charge in [-0.05, 0) is 55.3 Å². The Labute approximate surface area is 151 Å². The van der Waals surface area contributed by atoms with Gasteiger partial charge in [-0.1, -0.05) is 12.6 Å². The monoisotopic (exact) mass is 350 g/mol. The largest absolute Gasteiger partial charge is 0.489 e. The van der Waals surface area contributed by atoms with Gasteiger partial charge in [-0.2, -0.15) is 0 Å². The Bertz CT molecular complexity index is 955. The van der Waals surface area contributed by atoms with Crippen LogP contribution in [0.25, 0.3) is 6.08 Å². The van der Waals surface area contributed by atoms with E-state index in [4.69, 9.17) is 18.9 Å². The van der Waals surface area contributed by atoms with Crippen molar-refractivity contribution in [3.05, 3.63) is 64.9 Å². The third-order valence-electron chi connectivity index (χ3n) is 4.21. The SMILES string of the molecule is C=C(C)COc1ccc2c(c1C)O/C(=C\c1ccc3c(c1)OCO3)C2=O. The number of carbonyl (C=O) groups is 1. The highest BCUT2D eigenvalue weighted by Gasteiger charge is 2.30. The van der Waals surface area contributed by atoms with Crippen LogP contribution in [0.1, 0.15) is 28.4 Å². The van der Waals surface area contributed by atoms with Crippen LogP contribution in [0.3, 0.4) is 0 Å². The molecule has 0 spiro atoms. The van der Waals surface area contributed by atoms with Gasteiger partial charge >= 0.3 is 0 Å². The normalized spacial score (nSPS) is 15.8. The Hall–Kier alpha value is -3.21. The van der Waals surface area contributed by atoms with E-state index in [9.17, 15) is 4.79 Å². The van der Waals surface area contributed by atoms with Gasteiger partial charge < -0.3 is 18.9 Å². The minimum Gasteiger partial charge on any atom is -0.489 e. The molecule has 2 aromatic carbocycles. The molecule has 132 valence electrons. The molecule has 0 radical (unpaired) electrons. The molecule has 0 N–H and O–H groups in total. The average Bonchev–Trinajstić information content (AvgIpc) is 3.20. The van der Waals surface area contributed by atoms with Crippen molar-refractivity contribution in [2.24, 2.45) is 0 Å². The van der Waals surface area contributed by atoms with Gasteiger partial charge in [-0.15, -0.1) is 0 Å². The molecule has 2 aliphatic heterocycles. The fourth-order valence-electron chi connectivity index (χ4n) is 2.88. The summed E-state index contributed by atoms with van der Waals surface area (Å²) in [6, 6.07) is 9.02. The lowest BCUT2D eigenvalue weighted by molar-refractivity contribution is 0.101. The number of ketones is 1. The van der Waals surface area contributed by atoms with E-state index >= 15 is 0 Å². The highest BCUT2D eigenvalue weighted by molar-refractivity contribution is 6.15. The highest BCUT2D eigenvalue weighted by Crippen LogP contribution is 2.40. The standard InChI is InChI=1S/C21H18O5/c1-12(2)10-23-16-7-5-15-20(22)19(26-21(15)13(16)3)9-14-4-6-17-18(8-14)25-11-24-17/h4-9H,1,10-11H2,2-3H3/b19-9-. The third-order valence-corrected chi connectivity index (χ3v) is 4.21. The Balaban J connectivity index is 1.63. The van der Waals surface area contributed by atoms with Crippen LogP contribution in [-0.2, 0) is 0 Å². The second-order valence-corrected chi connectivity index (χ2v) is 6.36. The summed E-state index contributed by atoms with van der Waals surface area (Å²) in [7, 11) is 0. The van der Waals surface area contributed by atoms with Crippen molar-refractivity contribution in [2.45, 2.75) is 13.8 Å². The van der Waals surface area contributed by atoms with Crippen molar-refractivity contribution in [1.29, 1.82) is 0 Å². The van der Waals surface area contributed by atoms with Crippen LogP contribution in [0.2, 0.25) is 0 Å². The lowest BCUT2D eigenvalue weighted by atomic mass is 10.1. The maximum absolute atomic E-state index is 12.7. The molecular weight excluding hydrogens is 332 g/mol. The van der Waals surface area contributed by atoms with Crippen molar-refractivity contribution in [3.8, 4) is 23.0 Å². The molecule has 0 fully saturated rings. The summed E-state index contributed by atoms with van der Waals surface area (Å²) in [5.74, 6) is 2.72. The van der Waals surface area contributed by atoms with E-state index in [1.54, 1.807) is 18.2 Å². The first kappa shape index (κ1) is 16.3. The van der Waals surface area contributed by atoms with E-state index in [1.807, 2.05) is 32.0 Å². The van der Waals surface area contributed by atoms with Crippen LogP contribution in [0.4, 0.5) is 0 Å². The maximum atomic E-state index is 12.7. The van der Waals surface area contributed by atoms with Gasteiger partial charge in [0, 0.05) is 5.56 Å². The number of carbonyl (C=O) groups excluding carboxylic acids is 1. The van der Waals surface area contributed by atoms with Crippen LogP contribution >= 0.6 is 0 Å². The number of ether oxygens (including phenoxy) is 4. The van der Waals surface area contributed by atoms with Gasteiger partial charge in [0.1, 0.15) is 18.1 Å². The van der Waals surface area contributed by atoms with Crippen LogP contribution in [0.5, 0.6) is 23.0 Å². The van der Waals surface area contributed by atoms with Crippen LogP contribution in [-0.4, -0.2) is 19.2 Å². The first-order chi connectivity index (χ1) is 12.5. The van der Waals surface area contributed by atoms with Crippen molar-refractivity contribution in [2.75, 3.05) is 13.4 Å². The Morgan fingerprint density at radius 1 is 1.23 bits per heavy atom. The lowest BCUT2D eigenvalue weighted by Crippen LogP contribution is -2.00. The average molecular weight is 350 g/mol. The Morgan fingerprint density at radius 3 is 2.85 bits per heavy atom. The summed E-state index contributed by atoms with van der Waals surface area (Å²) in [6.45, 7) is 8.24. The van der Waals surface area contributed by atoms with E-state index in [0.29, 0.717) is 35.2 Å². The molecule has 0 unspecified atom stereocenters. The minimum absolute atomic E-state index is 0.146. The zero-order valence-corrected chi connectivity index (χ0v) is 14.6.